The van der Waals surface area contributed by atoms with Crippen LogP contribution in [0.15, 0.2) is 24.2 Å². The van der Waals surface area contributed by atoms with Crippen LogP contribution in [0.3, 0.4) is 0 Å². The average molecular weight is 314 g/mol. The standard InChI is InChI=1S/C13H12ClNO6/c1-19-10-5-9(8(14)4-7(10)13(17)18)15-12(16)11-6-20-2-3-21-11/h4-6H,2-3H2,1H3,(H,15,16)(H,17,18). The van der Waals surface area contributed by atoms with Gasteiger partial charge >= 0.3 is 5.97 Å². The topological polar surface area (TPSA) is 94.1 Å². The SMILES string of the molecule is COc1cc(NC(=O)C2=COCCO2)c(Cl)cc1C(=O)O. The molecule has 0 bridgehead atoms. The van der Waals surface area contributed by atoms with Crippen LogP contribution in [0, 0.1) is 0 Å². The van der Waals surface area contributed by atoms with E-state index in [0.29, 0.717) is 6.61 Å². The Balaban J connectivity index is 2.26. The molecular weight excluding hydrogens is 302 g/mol. The molecule has 1 aliphatic rings. The smallest absolute Gasteiger partial charge is 0.339 e. The van der Waals surface area contributed by atoms with Gasteiger partial charge in [-0.2, -0.15) is 0 Å². The van der Waals surface area contributed by atoms with E-state index in [0.717, 1.165) is 0 Å². The van der Waals surface area contributed by atoms with Crippen molar-refractivity contribution in [1.82, 2.24) is 0 Å². The number of carboxylic acids is 1. The summed E-state index contributed by atoms with van der Waals surface area (Å²) in [5, 5.41) is 11.6. The molecule has 1 amide bonds. The first kappa shape index (κ1) is 15.0. The van der Waals surface area contributed by atoms with E-state index in [2.05, 4.69) is 5.32 Å². The van der Waals surface area contributed by atoms with Gasteiger partial charge in [-0.25, -0.2) is 4.79 Å². The molecule has 0 aromatic heterocycles. The van der Waals surface area contributed by atoms with Crippen LogP contribution in [0.5, 0.6) is 5.75 Å². The Morgan fingerprint density at radius 1 is 1.38 bits per heavy atom. The molecule has 0 atom stereocenters. The van der Waals surface area contributed by atoms with Gasteiger partial charge in [0.2, 0.25) is 5.76 Å². The third-order valence-electron chi connectivity index (χ3n) is 2.64. The highest BCUT2D eigenvalue weighted by molar-refractivity contribution is 6.34. The molecule has 1 aliphatic heterocycles. The lowest BCUT2D eigenvalue weighted by molar-refractivity contribution is -0.117. The van der Waals surface area contributed by atoms with Crippen LogP contribution in [-0.2, 0) is 14.3 Å². The lowest BCUT2D eigenvalue weighted by atomic mass is 10.1. The van der Waals surface area contributed by atoms with Crippen molar-refractivity contribution >= 4 is 29.2 Å². The summed E-state index contributed by atoms with van der Waals surface area (Å²) in [6.45, 7) is 0.646. The summed E-state index contributed by atoms with van der Waals surface area (Å²) in [6.07, 6.45) is 1.20. The minimum absolute atomic E-state index is 0.0126. The van der Waals surface area contributed by atoms with Crippen LogP contribution >= 0.6 is 11.6 Å². The van der Waals surface area contributed by atoms with Crippen LogP contribution in [-0.4, -0.2) is 37.3 Å². The Kier molecular flexibility index (Phi) is 4.54. The van der Waals surface area contributed by atoms with Gasteiger partial charge in [0.05, 0.1) is 17.8 Å². The highest BCUT2D eigenvalue weighted by Crippen LogP contribution is 2.31. The number of rotatable bonds is 4. The second-order valence-corrected chi connectivity index (χ2v) is 4.40. The molecule has 7 nitrogen and oxygen atoms in total. The zero-order valence-electron chi connectivity index (χ0n) is 11.0. The number of aromatic carboxylic acids is 1. The maximum atomic E-state index is 11.9. The number of halogens is 1. The minimum atomic E-state index is -1.18. The van der Waals surface area contributed by atoms with E-state index in [1.807, 2.05) is 0 Å². The fraction of sp³-hybridized carbons (Fsp3) is 0.231. The summed E-state index contributed by atoms with van der Waals surface area (Å²) in [5.41, 5.74) is 0.107. The zero-order valence-corrected chi connectivity index (χ0v) is 11.8. The van der Waals surface area contributed by atoms with E-state index in [4.69, 9.17) is 30.9 Å². The van der Waals surface area contributed by atoms with Crippen molar-refractivity contribution in [2.24, 2.45) is 0 Å². The van der Waals surface area contributed by atoms with Crippen LogP contribution in [0.1, 0.15) is 10.4 Å². The first-order valence-electron chi connectivity index (χ1n) is 5.89. The van der Waals surface area contributed by atoms with Crippen LogP contribution in [0.25, 0.3) is 0 Å². The Morgan fingerprint density at radius 3 is 2.71 bits per heavy atom. The highest BCUT2D eigenvalue weighted by atomic mass is 35.5. The summed E-state index contributed by atoms with van der Waals surface area (Å²) in [6, 6.07) is 2.53. The van der Waals surface area contributed by atoms with Crippen molar-refractivity contribution in [2.75, 3.05) is 25.6 Å². The summed E-state index contributed by atoms with van der Waals surface area (Å²) in [5.74, 6) is -1.64. The van der Waals surface area contributed by atoms with E-state index in [-0.39, 0.29) is 34.4 Å². The lowest BCUT2D eigenvalue weighted by Crippen LogP contribution is -2.21. The quantitative estimate of drug-likeness (QED) is 0.881. The Hall–Kier alpha value is -2.41. The largest absolute Gasteiger partial charge is 0.496 e. The zero-order chi connectivity index (χ0) is 15.4. The number of methoxy groups -OCH3 is 1. The van der Waals surface area contributed by atoms with Gasteiger partial charge in [0.25, 0.3) is 5.91 Å². The second-order valence-electron chi connectivity index (χ2n) is 3.99. The number of amides is 1. The van der Waals surface area contributed by atoms with Gasteiger partial charge in [0.15, 0.2) is 0 Å². The summed E-state index contributed by atoms with van der Waals surface area (Å²) < 4.78 is 15.1. The number of hydrogen-bond donors (Lipinski definition) is 2. The molecule has 2 N–H and O–H groups in total. The summed E-state index contributed by atoms with van der Waals surface area (Å²) >= 11 is 5.96. The number of benzene rings is 1. The average Bonchev–Trinajstić information content (AvgIpc) is 2.49. The van der Waals surface area contributed by atoms with Crippen LogP contribution in [0.2, 0.25) is 5.02 Å². The lowest BCUT2D eigenvalue weighted by Gasteiger charge is -2.16. The summed E-state index contributed by atoms with van der Waals surface area (Å²) in [7, 11) is 1.32. The van der Waals surface area contributed by atoms with Gasteiger partial charge in [-0.05, 0) is 6.07 Å². The number of ether oxygens (including phenoxy) is 3. The van der Waals surface area contributed by atoms with Gasteiger partial charge in [-0.3, -0.25) is 4.79 Å². The maximum Gasteiger partial charge on any atom is 0.339 e. The first-order chi connectivity index (χ1) is 10.0. The third kappa shape index (κ3) is 3.38. The van der Waals surface area contributed by atoms with Gasteiger partial charge in [-0.1, -0.05) is 11.6 Å². The molecule has 112 valence electrons. The Bertz CT molecular complexity index is 613. The molecule has 0 saturated heterocycles. The van der Waals surface area contributed by atoms with Crippen LogP contribution in [0.4, 0.5) is 5.69 Å². The third-order valence-corrected chi connectivity index (χ3v) is 2.95. The van der Waals surface area contributed by atoms with E-state index >= 15 is 0 Å². The number of carboxylic acid groups (broad SMARTS) is 1. The minimum Gasteiger partial charge on any atom is -0.496 e. The van der Waals surface area contributed by atoms with E-state index in [1.54, 1.807) is 0 Å². The molecule has 1 aromatic rings. The molecule has 1 aromatic carbocycles. The monoisotopic (exact) mass is 313 g/mol. The molecule has 8 heteroatoms. The number of carbonyl (C=O) groups is 2. The molecule has 0 saturated carbocycles. The fourth-order valence-electron chi connectivity index (χ4n) is 1.66. The number of nitrogens with one attached hydrogen (secondary N) is 1. The summed E-state index contributed by atoms with van der Waals surface area (Å²) in [4.78, 5) is 23.0. The second kappa shape index (κ2) is 6.36. The van der Waals surface area contributed by atoms with Crippen molar-refractivity contribution < 1.29 is 28.9 Å². The van der Waals surface area contributed by atoms with E-state index in [9.17, 15) is 9.59 Å². The molecule has 0 spiro atoms. The molecule has 0 radical (unpaired) electrons. The van der Waals surface area contributed by atoms with Crippen molar-refractivity contribution in [1.29, 1.82) is 0 Å². The first-order valence-corrected chi connectivity index (χ1v) is 6.27. The van der Waals surface area contributed by atoms with Gasteiger partial charge in [-0.15, -0.1) is 0 Å². The molecular formula is C13H12ClNO6. The van der Waals surface area contributed by atoms with Gasteiger partial charge < -0.3 is 24.6 Å². The Labute approximate surface area is 125 Å². The predicted molar refractivity (Wildman–Crippen MR) is 73.6 cm³/mol. The van der Waals surface area contributed by atoms with Gasteiger partial charge in [0.1, 0.15) is 30.8 Å². The number of anilines is 1. The normalized spacial score (nSPS) is 13.5. The van der Waals surface area contributed by atoms with Crippen molar-refractivity contribution in [3.8, 4) is 5.75 Å². The number of carbonyl (C=O) groups excluding carboxylic acids is 1. The molecule has 2 rings (SSSR count). The molecule has 0 unspecified atom stereocenters. The van der Waals surface area contributed by atoms with Crippen molar-refractivity contribution in [3.05, 3.63) is 34.7 Å². The van der Waals surface area contributed by atoms with E-state index in [1.165, 1.54) is 25.5 Å². The van der Waals surface area contributed by atoms with E-state index < -0.39 is 11.9 Å². The highest BCUT2D eigenvalue weighted by Gasteiger charge is 2.19. The van der Waals surface area contributed by atoms with Crippen LogP contribution < -0.4 is 10.1 Å². The van der Waals surface area contributed by atoms with Crippen molar-refractivity contribution in [3.63, 3.8) is 0 Å². The molecule has 0 aliphatic carbocycles. The predicted octanol–water partition coefficient (Wildman–Crippen LogP) is 1.87. The van der Waals surface area contributed by atoms with Gasteiger partial charge in [0, 0.05) is 6.07 Å². The molecule has 0 fully saturated rings. The fourth-order valence-corrected chi connectivity index (χ4v) is 1.87. The molecule has 21 heavy (non-hydrogen) atoms. The maximum absolute atomic E-state index is 11.9. The number of hydrogen-bond acceptors (Lipinski definition) is 5. The van der Waals surface area contributed by atoms with Crippen molar-refractivity contribution in [2.45, 2.75) is 0 Å². The Morgan fingerprint density at radius 2 is 2.14 bits per heavy atom. The molecule has 1 heterocycles.